The molecule has 3 atom stereocenters. The van der Waals surface area contributed by atoms with E-state index in [-0.39, 0.29) is 30.4 Å². The Hall–Kier alpha value is -4.44. The number of amides is 4. The van der Waals surface area contributed by atoms with Crippen LogP contribution in [0.2, 0.25) is 0 Å². The Kier molecular flexibility index (Phi) is 6.86. The lowest BCUT2D eigenvalue weighted by molar-refractivity contribution is -0.144. The van der Waals surface area contributed by atoms with Crippen LogP contribution in [0.25, 0.3) is 0 Å². The number of carbonyl (C=O) groups is 3. The summed E-state index contributed by atoms with van der Waals surface area (Å²) in [6.45, 7) is 1.91. The number of hydrogen-bond acceptors (Lipinski definition) is 7. The van der Waals surface area contributed by atoms with Gasteiger partial charge in [-0.05, 0) is 42.2 Å². The molecule has 10 heteroatoms. The molecule has 212 valence electrons. The lowest BCUT2D eigenvalue weighted by atomic mass is 9.75. The van der Waals surface area contributed by atoms with Gasteiger partial charge in [-0.2, -0.15) is 0 Å². The molecule has 2 fully saturated rings. The number of anilines is 1. The quantitative estimate of drug-likeness (QED) is 0.446. The summed E-state index contributed by atoms with van der Waals surface area (Å²) in [6, 6.07) is 18.5. The van der Waals surface area contributed by atoms with Crippen molar-refractivity contribution in [3.63, 3.8) is 0 Å². The molecule has 3 aliphatic rings. The summed E-state index contributed by atoms with van der Waals surface area (Å²) >= 11 is 0. The number of hydrogen-bond donors (Lipinski definition) is 1. The molecule has 2 bridgehead atoms. The highest BCUT2D eigenvalue weighted by Crippen LogP contribution is 2.40. The molecule has 6 rings (SSSR count). The van der Waals surface area contributed by atoms with Crippen LogP contribution in [0, 0.1) is 11.3 Å². The van der Waals surface area contributed by atoms with Crippen molar-refractivity contribution < 1.29 is 23.9 Å². The molecule has 0 radical (unpaired) electrons. The maximum Gasteiger partial charge on any atom is 0.335 e. The second-order valence-electron chi connectivity index (χ2n) is 11.1. The summed E-state index contributed by atoms with van der Waals surface area (Å²) in [5.74, 6) is 0.141. The largest absolute Gasteiger partial charge is 0.497 e. The Morgan fingerprint density at radius 1 is 0.902 bits per heavy atom. The highest BCUT2D eigenvalue weighted by Gasteiger charge is 2.56. The monoisotopic (exact) mass is 556 g/mol. The average Bonchev–Trinajstić information content (AvgIpc) is 2.97. The molecule has 41 heavy (non-hydrogen) atoms. The molecule has 4 amide bonds. The third-order valence-electron chi connectivity index (χ3n) is 8.52. The number of nitrogens with one attached hydrogen (secondary N) is 1. The van der Waals surface area contributed by atoms with Crippen molar-refractivity contribution in [3.05, 3.63) is 88.3 Å². The van der Waals surface area contributed by atoms with Gasteiger partial charge in [-0.15, -0.1) is 0 Å². The normalized spacial score (nSPS) is 24.0. The van der Waals surface area contributed by atoms with Crippen molar-refractivity contribution in [1.82, 2.24) is 14.8 Å². The van der Waals surface area contributed by atoms with Crippen LogP contribution in [-0.4, -0.2) is 61.2 Å². The number of benzene rings is 2. The topological polar surface area (TPSA) is 110 Å². The molecule has 0 spiro atoms. The predicted octanol–water partition coefficient (Wildman–Crippen LogP) is 2.80. The fourth-order valence-corrected chi connectivity index (χ4v) is 6.67. The first kappa shape index (κ1) is 26.8. The van der Waals surface area contributed by atoms with Gasteiger partial charge in [-0.1, -0.05) is 30.3 Å². The van der Waals surface area contributed by atoms with Crippen molar-refractivity contribution in [2.24, 2.45) is 11.3 Å². The average molecular weight is 557 g/mol. The highest BCUT2D eigenvalue weighted by molar-refractivity contribution is 6.30. The number of pyridine rings is 1. The zero-order valence-electron chi connectivity index (χ0n) is 23.0. The third-order valence-corrected chi connectivity index (χ3v) is 8.52. The Balaban J connectivity index is 1.41. The van der Waals surface area contributed by atoms with Crippen molar-refractivity contribution in [3.8, 4) is 11.5 Å². The lowest BCUT2D eigenvalue weighted by Gasteiger charge is -2.47. The van der Waals surface area contributed by atoms with Gasteiger partial charge in [-0.25, -0.2) is 9.69 Å². The standard InChI is InChI=1S/C31H32N4O6/c1-40-24-12-11-21(26(14-24)41-2)15-31(28(37)32-30(39)35(29(31)38)23-7-4-3-5-8-23)19-33-16-20-13-22(18-33)25-9-6-10-27(36)34(25)17-20/h3-12,14,20,22H,13,15-19H2,1-2H3,(H,32,37,39)/t20-,22-,31+/m0/s1. The molecule has 2 aromatic carbocycles. The first-order chi connectivity index (χ1) is 19.8. The number of ether oxygens (including phenoxy) is 2. The van der Waals surface area contributed by atoms with Crippen LogP contribution in [0.1, 0.15) is 23.6 Å². The molecular formula is C31H32N4O6. The molecule has 1 aromatic heterocycles. The number of carbonyl (C=O) groups excluding carboxylic acids is 3. The number of nitrogens with zero attached hydrogens (tertiary/aromatic N) is 3. The van der Waals surface area contributed by atoms with Crippen molar-refractivity contribution in [1.29, 1.82) is 0 Å². The molecule has 1 N–H and O–H groups in total. The van der Waals surface area contributed by atoms with Gasteiger partial charge in [0.25, 0.3) is 11.5 Å². The Labute approximate surface area is 237 Å². The van der Waals surface area contributed by atoms with Gasteiger partial charge in [0.2, 0.25) is 5.91 Å². The molecule has 3 aliphatic heterocycles. The number of imide groups is 2. The summed E-state index contributed by atoms with van der Waals surface area (Å²) < 4.78 is 12.8. The van der Waals surface area contributed by atoms with Crippen LogP contribution >= 0.6 is 0 Å². The van der Waals surface area contributed by atoms with E-state index in [1.54, 1.807) is 67.8 Å². The van der Waals surface area contributed by atoms with Crippen molar-refractivity contribution >= 4 is 23.5 Å². The minimum absolute atomic E-state index is 0.00688. The Morgan fingerprint density at radius 3 is 2.46 bits per heavy atom. The second-order valence-corrected chi connectivity index (χ2v) is 11.1. The van der Waals surface area contributed by atoms with E-state index in [1.165, 1.54) is 7.11 Å². The van der Waals surface area contributed by atoms with Crippen LogP contribution in [0.3, 0.4) is 0 Å². The zero-order valence-corrected chi connectivity index (χ0v) is 23.0. The second kappa shape index (κ2) is 10.5. The molecular weight excluding hydrogens is 524 g/mol. The molecule has 4 heterocycles. The minimum Gasteiger partial charge on any atom is -0.497 e. The van der Waals surface area contributed by atoms with Gasteiger partial charge >= 0.3 is 6.03 Å². The van der Waals surface area contributed by atoms with E-state index in [0.717, 1.165) is 17.0 Å². The number of para-hydroxylation sites is 1. The van der Waals surface area contributed by atoms with Gasteiger partial charge in [0.15, 0.2) is 0 Å². The lowest BCUT2D eigenvalue weighted by Crippen LogP contribution is -2.68. The zero-order chi connectivity index (χ0) is 28.7. The maximum atomic E-state index is 14.5. The van der Waals surface area contributed by atoms with Crippen LogP contribution in [0.15, 0.2) is 71.5 Å². The number of aromatic nitrogens is 1. The fourth-order valence-electron chi connectivity index (χ4n) is 6.67. The number of likely N-dealkylation sites (tertiary alicyclic amines) is 1. The molecule has 3 aromatic rings. The number of fused-ring (bicyclic) bond motifs is 4. The Morgan fingerprint density at radius 2 is 1.71 bits per heavy atom. The van der Waals surface area contributed by atoms with Gasteiger partial charge in [0.1, 0.15) is 16.9 Å². The van der Waals surface area contributed by atoms with E-state index >= 15 is 0 Å². The number of methoxy groups -OCH3 is 2. The minimum atomic E-state index is -1.62. The molecule has 0 aliphatic carbocycles. The van der Waals surface area contributed by atoms with Gasteiger partial charge in [0.05, 0.1) is 19.9 Å². The molecule has 0 saturated carbocycles. The van der Waals surface area contributed by atoms with Gasteiger partial charge < -0.3 is 18.9 Å². The summed E-state index contributed by atoms with van der Waals surface area (Å²) in [5.41, 5.74) is 0.385. The molecule has 0 unspecified atom stereocenters. The van der Waals surface area contributed by atoms with Gasteiger partial charge in [0, 0.05) is 56.3 Å². The van der Waals surface area contributed by atoms with Crippen LogP contribution in [0.5, 0.6) is 11.5 Å². The first-order valence-electron chi connectivity index (χ1n) is 13.7. The number of piperidine rings is 1. The van der Waals surface area contributed by atoms with Crippen LogP contribution in [0.4, 0.5) is 10.5 Å². The molecule has 10 nitrogen and oxygen atoms in total. The predicted molar refractivity (Wildman–Crippen MR) is 151 cm³/mol. The summed E-state index contributed by atoms with van der Waals surface area (Å²) in [6.07, 6.45) is 0.956. The van der Waals surface area contributed by atoms with E-state index in [2.05, 4.69) is 10.2 Å². The first-order valence-corrected chi connectivity index (χ1v) is 13.7. The van der Waals surface area contributed by atoms with Gasteiger partial charge in [-0.3, -0.25) is 19.7 Å². The van der Waals surface area contributed by atoms with E-state index < -0.39 is 23.3 Å². The van der Waals surface area contributed by atoms with Crippen molar-refractivity contribution in [2.75, 3.05) is 38.8 Å². The third kappa shape index (κ3) is 4.67. The number of urea groups is 1. The summed E-state index contributed by atoms with van der Waals surface area (Å²) in [4.78, 5) is 57.2. The maximum absolute atomic E-state index is 14.5. The summed E-state index contributed by atoms with van der Waals surface area (Å²) in [7, 11) is 3.08. The number of rotatable bonds is 7. The van der Waals surface area contributed by atoms with E-state index in [9.17, 15) is 19.2 Å². The number of barbiturate groups is 1. The Bertz CT molecular complexity index is 1570. The van der Waals surface area contributed by atoms with Crippen molar-refractivity contribution in [2.45, 2.75) is 25.3 Å². The summed E-state index contributed by atoms with van der Waals surface area (Å²) in [5, 5.41) is 2.48. The van der Waals surface area contributed by atoms with E-state index in [0.29, 0.717) is 42.4 Å². The van der Waals surface area contributed by atoms with E-state index in [4.69, 9.17) is 9.47 Å². The smallest absolute Gasteiger partial charge is 0.335 e. The van der Waals surface area contributed by atoms with Crippen LogP contribution < -0.4 is 25.2 Å². The highest BCUT2D eigenvalue weighted by atomic mass is 16.5. The van der Waals surface area contributed by atoms with Crippen LogP contribution in [-0.2, 0) is 22.6 Å². The fraction of sp³-hybridized carbons (Fsp3) is 0.355. The van der Waals surface area contributed by atoms with E-state index in [1.807, 2.05) is 10.6 Å². The molecule has 2 saturated heterocycles. The SMILES string of the molecule is COc1ccc(C[C@@]2(CN3C[C@@H]4C[C@@H](C3)c3cccc(=O)n3C4)C(=O)NC(=O)N(c3ccccc3)C2=O)c(OC)c1.